The Kier molecular flexibility index (Phi) is 5.69. The van der Waals surface area contributed by atoms with Crippen LogP contribution < -0.4 is 5.32 Å². The van der Waals surface area contributed by atoms with E-state index in [0.717, 1.165) is 28.1 Å². The van der Waals surface area contributed by atoms with Crippen molar-refractivity contribution >= 4 is 27.3 Å². The molecular formula is C15H18BrFN2S. The highest BCUT2D eigenvalue weighted by atomic mass is 79.9. The van der Waals surface area contributed by atoms with Gasteiger partial charge in [-0.25, -0.2) is 9.37 Å². The van der Waals surface area contributed by atoms with Gasteiger partial charge in [-0.05, 0) is 32.0 Å². The molecule has 0 saturated carbocycles. The Balaban J connectivity index is 2.27. The van der Waals surface area contributed by atoms with E-state index in [2.05, 4.69) is 33.2 Å². The average Bonchev–Trinajstić information content (AvgIpc) is 2.81. The van der Waals surface area contributed by atoms with Crippen molar-refractivity contribution in [1.29, 1.82) is 0 Å². The van der Waals surface area contributed by atoms with Crippen molar-refractivity contribution in [3.05, 3.63) is 50.1 Å². The molecule has 1 unspecified atom stereocenters. The fraction of sp³-hybridized carbons (Fsp3) is 0.400. The van der Waals surface area contributed by atoms with Crippen LogP contribution >= 0.6 is 27.3 Å². The summed E-state index contributed by atoms with van der Waals surface area (Å²) in [5.41, 5.74) is 1.70. The minimum absolute atomic E-state index is 0.0629. The van der Waals surface area contributed by atoms with Crippen LogP contribution in [0, 0.1) is 12.7 Å². The predicted molar refractivity (Wildman–Crippen MR) is 85.7 cm³/mol. The first-order valence-corrected chi connectivity index (χ1v) is 8.37. The highest BCUT2D eigenvalue weighted by molar-refractivity contribution is 9.10. The number of nitrogens with zero attached hydrogens (tertiary/aromatic N) is 1. The lowest BCUT2D eigenvalue weighted by molar-refractivity contribution is 0.492. The molecule has 0 saturated heterocycles. The first-order chi connectivity index (χ1) is 9.61. The Morgan fingerprint density at radius 2 is 2.25 bits per heavy atom. The first-order valence-electron chi connectivity index (χ1n) is 6.70. The summed E-state index contributed by atoms with van der Waals surface area (Å²) in [4.78, 5) is 4.48. The molecule has 0 radical (unpaired) electrons. The minimum atomic E-state index is -0.181. The van der Waals surface area contributed by atoms with E-state index in [0.29, 0.717) is 12.0 Å². The fourth-order valence-corrected chi connectivity index (χ4v) is 3.39. The SMILES string of the molecule is CCCNC(Cc1csc(C)n1)c1c(F)cccc1Br. The molecule has 1 atom stereocenters. The number of nitrogens with one attached hydrogen (secondary N) is 1. The van der Waals surface area contributed by atoms with E-state index in [1.807, 2.05) is 18.4 Å². The molecule has 0 fully saturated rings. The number of aromatic nitrogens is 1. The van der Waals surface area contributed by atoms with Crippen LogP contribution in [0.5, 0.6) is 0 Å². The van der Waals surface area contributed by atoms with Crippen LogP contribution in [0.2, 0.25) is 0 Å². The molecule has 1 aromatic heterocycles. The summed E-state index contributed by atoms with van der Waals surface area (Å²) in [5.74, 6) is -0.181. The van der Waals surface area contributed by atoms with E-state index >= 15 is 0 Å². The summed E-state index contributed by atoms with van der Waals surface area (Å²) in [5, 5.41) is 6.51. The van der Waals surface area contributed by atoms with E-state index in [9.17, 15) is 4.39 Å². The summed E-state index contributed by atoms with van der Waals surface area (Å²) in [6, 6.07) is 5.04. The largest absolute Gasteiger partial charge is 0.309 e. The van der Waals surface area contributed by atoms with Crippen LogP contribution in [0.4, 0.5) is 4.39 Å². The third kappa shape index (κ3) is 3.87. The van der Waals surface area contributed by atoms with Crippen molar-refractivity contribution in [1.82, 2.24) is 10.3 Å². The molecular weight excluding hydrogens is 339 g/mol. The van der Waals surface area contributed by atoms with Gasteiger partial charge in [0.15, 0.2) is 0 Å². The molecule has 108 valence electrons. The number of rotatable bonds is 6. The second-order valence-electron chi connectivity index (χ2n) is 4.70. The van der Waals surface area contributed by atoms with Crippen molar-refractivity contribution in [2.24, 2.45) is 0 Å². The quantitative estimate of drug-likeness (QED) is 0.815. The van der Waals surface area contributed by atoms with Crippen molar-refractivity contribution < 1.29 is 4.39 Å². The molecule has 1 N–H and O–H groups in total. The number of thiazole rings is 1. The molecule has 2 rings (SSSR count). The zero-order valence-electron chi connectivity index (χ0n) is 11.6. The third-order valence-electron chi connectivity index (χ3n) is 3.07. The molecule has 0 spiro atoms. The van der Waals surface area contributed by atoms with Gasteiger partial charge in [0.25, 0.3) is 0 Å². The number of halogens is 2. The highest BCUT2D eigenvalue weighted by Gasteiger charge is 2.19. The van der Waals surface area contributed by atoms with Crippen LogP contribution in [0.1, 0.15) is 35.7 Å². The third-order valence-corrected chi connectivity index (χ3v) is 4.58. The summed E-state index contributed by atoms with van der Waals surface area (Å²) in [6.07, 6.45) is 1.71. The second kappa shape index (κ2) is 7.29. The van der Waals surface area contributed by atoms with Gasteiger partial charge in [0.05, 0.1) is 10.7 Å². The summed E-state index contributed by atoms with van der Waals surface area (Å²) in [7, 11) is 0. The standard InChI is InChI=1S/C15H18BrFN2S/c1-3-7-18-14(8-11-9-20-10(2)19-11)15-12(16)5-4-6-13(15)17/h4-6,9,14,18H,3,7-8H2,1-2H3. The Bertz CT molecular complexity index is 551. The van der Waals surface area contributed by atoms with Crippen LogP contribution in [0.3, 0.4) is 0 Å². The molecule has 2 nitrogen and oxygen atoms in total. The van der Waals surface area contributed by atoms with Gasteiger partial charge in [-0.2, -0.15) is 0 Å². The minimum Gasteiger partial charge on any atom is -0.309 e. The maximum Gasteiger partial charge on any atom is 0.129 e. The lowest BCUT2D eigenvalue weighted by Gasteiger charge is -2.20. The Hall–Kier alpha value is -0.780. The zero-order valence-corrected chi connectivity index (χ0v) is 14.0. The molecule has 0 bridgehead atoms. The van der Waals surface area contributed by atoms with Crippen molar-refractivity contribution in [2.75, 3.05) is 6.54 Å². The van der Waals surface area contributed by atoms with Crippen molar-refractivity contribution in [3.8, 4) is 0 Å². The topological polar surface area (TPSA) is 24.9 Å². The number of hydrogen-bond acceptors (Lipinski definition) is 3. The molecule has 5 heteroatoms. The number of hydrogen-bond donors (Lipinski definition) is 1. The molecule has 0 aliphatic rings. The van der Waals surface area contributed by atoms with Gasteiger partial charge >= 0.3 is 0 Å². The smallest absolute Gasteiger partial charge is 0.129 e. The van der Waals surface area contributed by atoms with Gasteiger partial charge in [0.2, 0.25) is 0 Å². The van der Waals surface area contributed by atoms with Crippen LogP contribution in [0.25, 0.3) is 0 Å². The molecule has 2 aromatic rings. The Morgan fingerprint density at radius 1 is 1.45 bits per heavy atom. The van der Waals surface area contributed by atoms with Gasteiger partial charge in [0.1, 0.15) is 5.82 Å². The zero-order chi connectivity index (χ0) is 14.5. The molecule has 20 heavy (non-hydrogen) atoms. The predicted octanol–water partition coefficient (Wildman–Crippen LogP) is 4.64. The molecule has 0 aliphatic carbocycles. The van der Waals surface area contributed by atoms with E-state index in [1.54, 1.807) is 17.4 Å². The molecule has 0 amide bonds. The molecule has 0 aliphatic heterocycles. The maximum atomic E-state index is 14.1. The van der Waals surface area contributed by atoms with E-state index < -0.39 is 0 Å². The summed E-state index contributed by atoms with van der Waals surface area (Å²) in [6.45, 7) is 4.95. The molecule has 1 heterocycles. The van der Waals surface area contributed by atoms with Crippen LogP contribution in [-0.4, -0.2) is 11.5 Å². The Labute approximate surface area is 131 Å². The van der Waals surface area contributed by atoms with Crippen LogP contribution in [-0.2, 0) is 6.42 Å². The fourth-order valence-electron chi connectivity index (χ4n) is 2.15. The lowest BCUT2D eigenvalue weighted by Crippen LogP contribution is -2.25. The first kappa shape index (κ1) is 15.6. The van der Waals surface area contributed by atoms with Crippen LogP contribution in [0.15, 0.2) is 28.1 Å². The van der Waals surface area contributed by atoms with Gasteiger partial charge in [-0.3, -0.25) is 0 Å². The van der Waals surface area contributed by atoms with Gasteiger partial charge < -0.3 is 5.32 Å². The summed E-state index contributed by atoms with van der Waals surface area (Å²) < 4.78 is 15.0. The van der Waals surface area contributed by atoms with Crippen molar-refractivity contribution in [2.45, 2.75) is 32.7 Å². The highest BCUT2D eigenvalue weighted by Crippen LogP contribution is 2.29. The Morgan fingerprint density at radius 3 is 2.85 bits per heavy atom. The summed E-state index contributed by atoms with van der Waals surface area (Å²) >= 11 is 5.09. The van der Waals surface area contributed by atoms with Gasteiger partial charge in [0, 0.05) is 27.9 Å². The van der Waals surface area contributed by atoms with E-state index in [-0.39, 0.29) is 11.9 Å². The monoisotopic (exact) mass is 356 g/mol. The average molecular weight is 357 g/mol. The normalized spacial score (nSPS) is 12.6. The molecule has 1 aromatic carbocycles. The van der Waals surface area contributed by atoms with Crippen molar-refractivity contribution in [3.63, 3.8) is 0 Å². The lowest BCUT2D eigenvalue weighted by atomic mass is 10.0. The van der Waals surface area contributed by atoms with E-state index in [1.165, 1.54) is 6.07 Å². The van der Waals surface area contributed by atoms with Gasteiger partial charge in [-0.1, -0.05) is 28.9 Å². The number of aryl methyl sites for hydroxylation is 1. The van der Waals surface area contributed by atoms with Gasteiger partial charge in [-0.15, -0.1) is 11.3 Å². The second-order valence-corrected chi connectivity index (χ2v) is 6.62. The van der Waals surface area contributed by atoms with E-state index in [4.69, 9.17) is 0 Å². The maximum absolute atomic E-state index is 14.1. The number of benzene rings is 1.